The van der Waals surface area contributed by atoms with Gasteiger partial charge < -0.3 is 10.4 Å². The van der Waals surface area contributed by atoms with Gasteiger partial charge in [0.25, 0.3) is 0 Å². The average Bonchev–Trinajstić information content (AvgIpc) is 2.50. The lowest BCUT2D eigenvalue weighted by Crippen LogP contribution is -2.34. The number of carbonyl (C=O) groups excluding carboxylic acids is 1. The van der Waals surface area contributed by atoms with Crippen LogP contribution in [0.3, 0.4) is 0 Å². The Morgan fingerprint density at radius 1 is 1.17 bits per heavy atom. The Bertz CT molecular complexity index is 687. The molecule has 2 atom stereocenters. The number of benzene rings is 2. The molecule has 0 aliphatic carbocycles. The molecule has 0 saturated heterocycles. The molecule has 2 rings (SSSR count). The lowest BCUT2D eigenvalue weighted by molar-refractivity contribution is -0.126. The largest absolute Gasteiger partial charge is 0.385 e. The molecular weight excluding hydrogens is 300 g/mol. The van der Waals surface area contributed by atoms with Crippen LogP contribution in [0.5, 0.6) is 0 Å². The maximum atomic E-state index is 13.2. The minimum absolute atomic E-state index is 0.134. The highest BCUT2D eigenvalue weighted by Gasteiger charge is 2.27. The second-order valence-electron chi connectivity index (χ2n) is 5.78. The van der Waals surface area contributed by atoms with Gasteiger partial charge in [0.2, 0.25) is 5.91 Å². The first-order valence-electron chi connectivity index (χ1n) is 7.32. The van der Waals surface area contributed by atoms with Crippen molar-refractivity contribution in [1.29, 1.82) is 0 Å². The van der Waals surface area contributed by atoms with E-state index in [9.17, 15) is 18.7 Å². The molecule has 0 aliphatic heterocycles. The lowest BCUT2D eigenvalue weighted by atomic mass is 9.92. The molecule has 3 nitrogen and oxygen atoms in total. The minimum Gasteiger partial charge on any atom is -0.385 e. The van der Waals surface area contributed by atoms with Crippen molar-refractivity contribution in [3.8, 4) is 0 Å². The van der Waals surface area contributed by atoms with E-state index in [0.29, 0.717) is 11.1 Å². The van der Waals surface area contributed by atoms with Crippen molar-refractivity contribution >= 4 is 5.91 Å². The number of amides is 1. The van der Waals surface area contributed by atoms with Gasteiger partial charge in [-0.1, -0.05) is 36.4 Å². The Morgan fingerprint density at radius 2 is 1.83 bits per heavy atom. The number of aliphatic hydroxyl groups is 1. The van der Waals surface area contributed by atoms with Crippen molar-refractivity contribution in [2.24, 2.45) is 0 Å². The predicted octanol–water partition coefficient (Wildman–Crippen LogP) is 3.44. The quantitative estimate of drug-likeness (QED) is 0.887. The third-order valence-electron chi connectivity index (χ3n) is 3.72. The molecule has 2 unspecified atom stereocenters. The fourth-order valence-corrected chi connectivity index (χ4v) is 2.37. The molecular formula is C18H19F2NO2. The summed E-state index contributed by atoms with van der Waals surface area (Å²) in [5, 5.41) is 13.1. The molecule has 0 bridgehead atoms. The van der Waals surface area contributed by atoms with Crippen LogP contribution in [0.2, 0.25) is 0 Å². The molecule has 0 aliphatic rings. The zero-order valence-corrected chi connectivity index (χ0v) is 13.0. The summed E-state index contributed by atoms with van der Waals surface area (Å²) in [6, 6.07) is 11.9. The number of halogens is 2. The maximum absolute atomic E-state index is 13.2. The number of rotatable bonds is 5. The molecule has 2 aromatic rings. The van der Waals surface area contributed by atoms with E-state index in [1.807, 2.05) is 6.07 Å². The van der Waals surface area contributed by atoms with Crippen molar-refractivity contribution in [3.05, 3.63) is 71.3 Å². The molecule has 0 heterocycles. The van der Waals surface area contributed by atoms with Crippen LogP contribution in [0.1, 0.15) is 37.4 Å². The highest BCUT2D eigenvalue weighted by molar-refractivity contribution is 5.77. The zero-order valence-electron chi connectivity index (χ0n) is 13.0. The molecule has 2 N–H and O–H groups in total. The van der Waals surface area contributed by atoms with Crippen LogP contribution >= 0.6 is 0 Å². The van der Waals surface area contributed by atoms with Crippen molar-refractivity contribution in [3.63, 3.8) is 0 Å². The normalized spacial score (nSPS) is 14.8. The van der Waals surface area contributed by atoms with Crippen molar-refractivity contribution in [1.82, 2.24) is 5.32 Å². The number of hydrogen-bond acceptors (Lipinski definition) is 2. The second-order valence-corrected chi connectivity index (χ2v) is 5.78. The van der Waals surface area contributed by atoms with Crippen LogP contribution in [-0.4, -0.2) is 11.0 Å². The van der Waals surface area contributed by atoms with Gasteiger partial charge in [0.05, 0.1) is 18.1 Å². The Kier molecular flexibility index (Phi) is 5.11. The second kappa shape index (κ2) is 6.87. The average molecular weight is 319 g/mol. The fourth-order valence-electron chi connectivity index (χ4n) is 2.37. The van der Waals surface area contributed by atoms with Crippen molar-refractivity contribution in [2.45, 2.75) is 31.9 Å². The van der Waals surface area contributed by atoms with E-state index in [2.05, 4.69) is 5.32 Å². The molecule has 122 valence electrons. The monoisotopic (exact) mass is 319 g/mol. The number of nitrogens with one attached hydrogen (secondary N) is 1. The zero-order chi connectivity index (χ0) is 17.0. The van der Waals surface area contributed by atoms with Crippen molar-refractivity contribution < 1.29 is 18.7 Å². The Labute approximate surface area is 134 Å². The number of carbonyl (C=O) groups is 1. The first-order valence-corrected chi connectivity index (χ1v) is 7.32. The summed E-state index contributed by atoms with van der Waals surface area (Å²) >= 11 is 0. The van der Waals surface area contributed by atoms with Gasteiger partial charge >= 0.3 is 0 Å². The Morgan fingerprint density at radius 3 is 2.43 bits per heavy atom. The van der Waals surface area contributed by atoms with E-state index >= 15 is 0 Å². The van der Waals surface area contributed by atoms with Gasteiger partial charge in [-0.3, -0.25) is 4.79 Å². The van der Waals surface area contributed by atoms with Crippen LogP contribution in [-0.2, 0) is 10.4 Å². The summed E-state index contributed by atoms with van der Waals surface area (Å²) < 4.78 is 26.2. The summed E-state index contributed by atoms with van der Waals surface area (Å²) in [6.07, 6.45) is -0.134. The first kappa shape index (κ1) is 17.1. The Balaban J connectivity index is 2.02. The highest BCUT2D eigenvalue weighted by atomic mass is 19.2. The predicted molar refractivity (Wildman–Crippen MR) is 83.5 cm³/mol. The van der Waals surface area contributed by atoms with Crippen LogP contribution in [0.25, 0.3) is 0 Å². The fraction of sp³-hybridized carbons (Fsp3) is 0.278. The van der Waals surface area contributed by atoms with Crippen LogP contribution < -0.4 is 5.32 Å². The van der Waals surface area contributed by atoms with Gasteiger partial charge in [-0.05, 0) is 37.1 Å². The van der Waals surface area contributed by atoms with Gasteiger partial charge in [0.15, 0.2) is 11.6 Å². The standard InChI is InChI=1S/C18H19F2NO2/c1-12(13-8-9-15(19)16(20)10-13)21-17(22)11-18(2,23)14-6-4-3-5-7-14/h3-10,12,23H,11H2,1-2H3,(H,21,22). The molecule has 1 amide bonds. The molecule has 0 fully saturated rings. The maximum Gasteiger partial charge on any atom is 0.223 e. The molecule has 23 heavy (non-hydrogen) atoms. The van der Waals surface area contributed by atoms with Gasteiger partial charge in [0, 0.05) is 0 Å². The lowest BCUT2D eigenvalue weighted by Gasteiger charge is -2.24. The van der Waals surface area contributed by atoms with Gasteiger partial charge in [-0.2, -0.15) is 0 Å². The summed E-state index contributed by atoms with van der Waals surface area (Å²) in [5.74, 6) is -2.27. The highest BCUT2D eigenvalue weighted by Crippen LogP contribution is 2.24. The summed E-state index contributed by atoms with van der Waals surface area (Å²) in [4.78, 5) is 12.1. The Hall–Kier alpha value is -2.27. The first-order chi connectivity index (χ1) is 10.8. The van der Waals surface area contributed by atoms with Gasteiger partial charge in [-0.15, -0.1) is 0 Å². The minimum atomic E-state index is -1.31. The van der Waals surface area contributed by atoms with Crippen LogP contribution in [0.4, 0.5) is 8.78 Å². The van der Waals surface area contributed by atoms with Crippen LogP contribution in [0.15, 0.2) is 48.5 Å². The smallest absolute Gasteiger partial charge is 0.223 e. The summed E-state index contributed by atoms with van der Waals surface area (Å²) in [6.45, 7) is 3.23. The molecule has 0 saturated carbocycles. The molecule has 0 aromatic heterocycles. The summed E-state index contributed by atoms with van der Waals surface area (Å²) in [7, 11) is 0. The van der Waals surface area contributed by atoms with E-state index in [1.54, 1.807) is 38.1 Å². The van der Waals surface area contributed by atoms with E-state index in [1.165, 1.54) is 6.07 Å². The molecule has 0 spiro atoms. The van der Waals surface area contributed by atoms with Crippen molar-refractivity contribution in [2.75, 3.05) is 0 Å². The SMILES string of the molecule is CC(NC(=O)CC(C)(O)c1ccccc1)c1ccc(F)c(F)c1. The van der Waals surface area contributed by atoms with E-state index in [0.717, 1.165) is 12.1 Å². The summed E-state index contributed by atoms with van der Waals surface area (Å²) in [5.41, 5.74) is -0.216. The molecule has 0 radical (unpaired) electrons. The third kappa shape index (κ3) is 4.36. The van der Waals surface area contributed by atoms with Gasteiger partial charge in [0.1, 0.15) is 0 Å². The van der Waals surface area contributed by atoms with Crippen LogP contribution in [0, 0.1) is 11.6 Å². The van der Waals surface area contributed by atoms with E-state index in [-0.39, 0.29) is 12.3 Å². The van der Waals surface area contributed by atoms with Gasteiger partial charge in [-0.25, -0.2) is 8.78 Å². The van der Waals surface area contributed by atoms with E-state index < -0.39 is 23.3 Å². The topological polar surface area (TPSA) is 49.3 Å². The third-order valence-corrected chi connectivity index (χ3v) is 3.72. The molecule has 2 aromatic carbocycles. The molecule has 5 heteroatoms. The van der Waals surface area contributed by atoms with E-state index in [4.69, 9.17) is 0 Å². The number of hydrogen-bond donors (Lipinski definition) is 2.